The lowest BCUT2D eigenvalue weighted by Gasteiger charge is -2.41. The van der Waals surface area contributed by atoms with E-state index in [2.05, 4.69) is 66.7 Å². The SMILES string of the molecule is Cc1cc(C)c(O)c(C(C)c2cc(C)cc3c2OC(C)(C)CC3C(C)C)c1. The van der Waals surface area contributed by atoms with Gasteiger partial charge >= 0.3 is 0 Å². The Balaban J connectivity index is 2.21. The first-order valence-corrected chi connectivity index (χ1v) is 10.1. The molecule has 2 heteroatoms. The normalized spacial score (nSPS) is 19.5. The van der Waals surface area contributed by atoms with Gasteiger partial charge in [-0.2, -0.15) is 0 Å². The third-order valence-electron chi connectivity index (χ3n) is 5.99. The van der Waals surface area contributed by atoms with E-state index in [1.807, 2.05) is 13.0 Å². The second-order valence-corrected chi connectivity index (χ2v) is 9.43. The van der Waals surface area contributed by atoms with Crippen LogP contribution in [0.3, 0.4) is 0 Å². The van der Waals surface area contributed by atoms with Crippen LogP contribution in [0.25, 0.3) is 0 Å². The number of benzene rings is 2. The maximum Gasteiger partial charge on any atom is 0.127 e. The summed E-state index contributed by atoms with van der Waals surface area (Å²) in [6, 6.07) is 8.67. The van der Waals surface area contributed by atoms with Gasteiger partial charge in [-0.15, -0.1) is 0 Å². The topological polar surface area (TPSA) is 29.5 Å². The Morgan fingerprint density at radius 3 is 2.19 bits per heavy atom. The van der Waals surface area contributed by atoms with Crippen molar-refractivity contribution in [2.45, 2.75) is 79.2 Å². The molecule has 0 saturated heterocycles. The zero-order chi connectivity index (χ0) is 20.1. The van der Waals surface area contributed by atoms with Gasteiger partial charge in [-0.05, 0) is 64.0 Å². The van der Waals surface area contributed by atoms with Gasteiger partial charge in [0.2, 0.25) is 0 Å². The average Bonchev–Trinajstić information content (AvgIpc) is 2.56. The molecule has 2 nitrogen and oxygen atoms in total. The Morgan fingerprint density at radius 2 is 1.56 bits per heavy atom. The van der Waals surface area contributed by atoms with Gasteiger partial charge < -0.3 is 9.84 Å². The Hall–Kier alpha value is -1.96. The number of phenols is 1. The largest absolute Gasteiger partial charge is 0.507 e. The van der Waals surface area contributed by atoms with E-state index in [0.29, 0.717) is 17.6 Å². The molecular formula is C25H34O2. The van der Waals surface area contributed by atoms with E-state index in [1.54, 1.807) is 0 Å². The molecule has 0 saturated carbocycles. The Kier molecular flexibility index (Phi) is 5.05. The lowest BCUT2D eigenvalue weighted by Crippen LogP contribution is -2.37. The molecule has 2 atom stereocenters. The van der Waals surface area contributed by atoms with Gasteiger partial charge in [0.05, 0.1) is 0 Å². The van der Waals surface area contributed by atoms with Crippen molar-refractivity contribution >= 4 is 0 Å². The molecule has 0 spiro atoms. The van der Waals surface area contributed by atoms with Crippen molar-refractivity contribution in [2.24, 2.45) is 5.92 Å². The summed E-state index contributed by atoms with van der Waals surface area (Å²) in [5.74, 6) is 2.55. The van der Waals surface area contributed by atoms with E-state index in [4.69, 9.17) is 4.74 Å². The van der Waals surface area contributed by atoms with Crippen molar-refractivity contribution in [3.63, 3.8) is 0 Å². The van der Waals surface area contributed by atoms with Gasteiger partial charge in [0, 0.05) is 17.0 Å². The van der Waals surface area contributed by atoms with Gasteiger partial charge in [0.15, 0.2) is 0 Å². The quantitative estimate of drug-likeness (QED) is 0.649. The molecule has 1 N–H and O–H groups in total. The van der Waals surface area contributed by atoms with Gasteiger partial charge in [-0.1, -0.05) is 56.2 Å². The standard InChI is InChI=1S/C25H34O2/c1-14(2)22-13-25(7,8)27-24-20(11-16(4)12-21(22)24)18(6)19-10-15(3)9-17(5)23(19)26/h9-12,14,18,22,26H,13H2,1-8H3. The highest BCUT2D eigenvalue weighted by molar-refractivity contribution is 5.55. The van der Waals surface area contributed by atoms with Crippen LogP contribution < -0.4 is 4.74 Å². The van der Waals surface area contributed by atoms with Crippen molar-refractivity contribution in [2.75, 3.05) is 0 Å². The maximum atomic E-state index is 10.7. The summed E-state index contributed by atoms with van der Waals surface area (Å²) >= 11 is 0. The van der Waals surface area contributed by atoms with Crippen LogP contribution in [0.15, 0.2) is 24.3 Å². The van der Waals surface area contributed by atoms with E-state index >= 15 is 0 Å². The lowest BCUT2D eigenvalue weighted by atomic mass is 9.75. The third kappa shape index (κ3) is 3.72. The summed E-state index contributed by atoms with van der Waals surface area (Å²) < 4.78 is 6.55. The summed E-state index contributed by atoms with van der Waals surface area (Å²) in [6.45, 7) is 17.4. The van der Waals surface area contributed by atoms with Crippen LogP contribution in [0.4, 0.5) is 0 Å². The van der Waals surface area contributed by atoms with Crippen LogP contribution in [-0.4, -0.2) is 10.7 Å². The van der Waals surface area contributed by atoms with Crippen LogP contribution in [0.1, 0.15) is 86.3 Å². The van der Waals surface area contributed by atoms with Gasteiger partial charge in [0.25, 0.3) is 0 Å². The van der Waals surface area contributed by atoms with Gasteiger partial charge in [-0.25, -0.2) is 0 Å². The number of hydrogen-bond donors (Lipinski definition) is 1. The van der Waals surface area contributed by atoms with Crippen LogP contribution in [0.2, 0.25) is 0 Å². The molecule has 0 bridgehead atoms. The predicted octanol–water partition coefficient (Wildman–Crippen LogP) is 6.77. The Morgan fingerprint density at radius 1 is 0.963 bits per heavy atom. The van der Waals surface area contributed by atoms with E-state index in [0.717, 1.165) is 23.3 Å². The molecular weight excluding hydrogens is 332 g/mol. The first-order valence-electron chi connectivity index (χ1n) is 10.1. The zero-order valence-corrected chi connectivity index (χ0v) is 18.1. The fourth-order valence-corrected chi connectivity index (χ4v) is 4.59. The van der Waals surface area contributed by atoms with Gasteiger partial charge in [0.1, 0.15) is 17.1 Å². The molecule has 2 unspecified atom stereocenters. The molecule has 1 aliphatic heterocycles. The van der Waals surface area contributed by atoms with E-state index in [1.165, 1.54) is 22.3 Å². The van der Waals surface area contributed by atoms with Crippen molar-refractivity contribution in [1.29, 1.82) is 0 Å². The molecule has 2 aromatic carbocycles. The lowest BCUT2D eigenvalue weighted by molar-refractivity contribution is 0.0625. The number of hydrogen-bond acceptors (Lipinski definition) is 2. The number of aromatic hydroxyl groups is 1. The molecule has 0 amide bonds. The Bertz CT molecular complexity index is 861. The minimum atomic E-state index is -0.184. The molecule has 27 heavy (non-hydrogen) atoms. The minimum Gasteiger partial charge on any atom is -0.507 e. The van der Waals surface area contributed by atoms with E-state index < -0.39 is 0 Å². The molecule has 1 aliphatic rings. The third-order valence-corrected chi connectivity index (χ3v) is 5.99. The van der Waals surface area contributed by atoms with Crippen molar-refractivity contribution in [3.8, 4) is 11.5 Å². The first-order chi connectivity index (χ1) is 12.5. The fourth-order valence-electron chi connectivity index (χ4n) is 4.59. The highest BCUT2D eigenvalue weighted by atomic mass is 16.5. The fraction of sp³-hybridized carbons (Fsp3) is 0.520. The Labute approximate surface area is 164 Å². The monoisotopic (exact) mass is 366 g/mol. The summed E-state index contributed by atoms with van der Waals surface area (Å²) in [5, 5.41) is 10.7. The van der Waals surface area contributed by atoms with Crippen molar-refractivity contribution in [1.82, 2.24) is 0 Å². The zero-order valence-electron chi connectivity index (χ0n) is 18.1. The number of rotatable bonds is 3. The highest BCUT2D eigenvalue weighted by Crippen LogP contribution is 2.49. The van der Waals surface area contributed by atoms with Crippen molar-refractivity contribution in [3.05, 3.63) is 57.6 Å². The van der Waals surface area contributed by atoms with Crippen LogP contribution in [-0.2, 0) is 0 Å². The molecule has 0 aliphatic carbocycles. The average molecular weight is 367 g/mol. The molecule has 2 aromatic rings. The molecule has 3 rings (SSSR count). The minimum absolute atomic E-state index is 0.0685. The maximum absolute atomic E-state index is 10.7. The summed E-state index contributed by atoms with van der Waals surface area (Å²) in [6.07, 6.45) is 1.03. The molecule has 1 heterocycles. The van der Waals surface area contributed by atoms with Crippen LogP contribution in [0.5, 0.6) is 11.5 Å². The highest BCUT2D eigenvalue weighted by Gasteiger charge is 2.37. The number of ether oxygens (including phenoxy) is 1. The molecule has 0 aromatic heterocycles. The smallest absolute Gasteiger partial charge is 0.127 e. The van der Waals surface area contributed by atoms with Crippen LogP contribution in [0, 0.1) is 26.7 Å². The van der Waals surface area contributed by atoms with Crippen molar-refractivity contribution < 1.29 is 9.84 Å². The second kappa shape index (κ2) is 6.89. The molecule has 146 valence electrons. The van der Waals surface area contributed by atoms with E-state index in [9.17, 15) is 5.11 Å². The van der Waals surface area contributed by atoms with Gasteiger partial charge in [-0.3, -0.25) is 0 Å². The first kappa shape index (κ1) is 19.8. The second-order valence-electron chi connectivity index (χ2n) is 9.43. The number of phenolic OH excluding ortho intramolecular Hbond substituents is 1. The number of aryl methyl sites for hydroxylation is 3. The predicted molar refractivity (Wildman–Crippen MR) is 113 cm³/mol. The van der Waals surface area contributed by atoms with E-state index in [-0.39, 0.29) is 11.5 Å². The summed E-state index contributed by atoms with van der Waals surface area (Å²) in [5.41, 5.74) is 6.67. The summed E-state index contributed by atoms with van der Waals surface area (Å²) in [7, 11) is 0. The van der Waals surface area contributed by atoms with Crippen LogP contribution >= 0.6 is 0 Å². The summed E-state index contributed by atoms with van der Waals surface area (Å²) in [4.78, 5) is 0. The molecule has 0 fully saturated rings. The number of fused-ring (bicyclic) bond motifs is 1. The molecule has 0 radical (unpaired) electrons.